The number of hydrogen-bond donors (Lipinski definition) is 1. The van der Waals surface area contributed by atoms with Gasteiger partial charge in [-0.25, -0.2) is 9.50 Å². The summed E-state index contributed by atoms with van der Waals surface area (Å²) in [6.07, 6.45) is 9.38. The van der Waals surface area contributed by atoms with Crippen molar-refractivity contribution < 1.29 is 4.74 Å². The number of nitrogens with zero attached hydrogens (tertiary/aromatic N) is 9. The van der Waals surface area contributed by atoms with E-state index in [4.69, 9.17) is 21.4 Å². The van der Waals surface area contributed by atoms with Gasteiger partial charge in [0.2, 0.25) is 5.95 Å². The molecule has 1 aliphatic heterocycles. The summed E-state index contributed by atoms with van der Waals surface area (Å²) < 4.78 is 11.8. The van der Waals surface area contributed by atoms with Gasteiger partial charge in [-0.15, -0.1) is 0 Å². The molecule has 1 N–H and O–H groups in total. The van der Waals surface area contributed by atoms with Gasteiger partial charge in [0.05, 0.1) is 24.6 Å². The zero-order chi connectivity index (χ0) is 25.9. The van der Waals surface area contributed by atoms with Crippen LogP contribution in [0.25, 0.3) is 16.7 Å². The fourth-order valence-corrected chi connectivity index (χ4v) is 5.12. The highest BCUT2D eigenvalue weighted by molar-refractivity contribution is 6.36. The molecule has 1 saturated heterocycles. The zero-order valence-electron chi connectivity index (χ0n) is 21.5. The maximum atomic E-state index is 6.80. The molecule has 5 aromatic heterocycles. The predicted molar refractivity (Wildman–Crippen MR) is 142 cm³/mol. The minimum atomic E-state index is -0.0504. The molecule has 1 atom stereocenters. The Balaban J connectivity index is 1.33. The lowest BCUT2D eigenvalue weighted by molar-refractivity contribution is 0.366. The molecule has 0 saturated carbocycles. The van der Waals surface area contributed by atoms with Gasteiger partial charge < -0.3 is 19.5 Å². The average Bonchev–Trinajstić information content (AvgIpc) is 3.63. The molecule has 0 aromatic carbocycles. The number of pyridine rings is 1. The minimum absolute atomic E-state index is 0.0504. The number of imidazole rings is 1. The number of halogens is 1. The SMILES string of the molecule is CN1CC[C@@H](n2nc(Nc3nc4ncc(Oc5cnn6ccncc56)c(Cl)c4n3C)cc2C(C)(C)C)C1. The third-order valence-electron chi connectivity index (χ3n) is 6.77. The summed E-state index contributed by atoms with van der Waals surface area (Å²) in [6.45, 7) is 8.69. The Morgan fingerprint density at radius 2 is 1.97 bits per heavy atom. The van der Waals surface area contributed by atoms with Gasteiger partial charge in [-0.05, 0) is 20.0 Å². The molecule has 12 heteroatoms. The molecule has 0 aliphatic carbocycles. The monoisotopic (exact) mass is 520 g/mol. The van der Waals surface area contributed by atoms with Gasteiger partial charge in [0.1, 0.15) is 16.1 Å². The van der Waals surface area contributed by atoms with Crippen LogP contribution in [-0.2, 0) is 12.5 Å². The van der Waals surface area contributed by atoms with Crippen LogP contribution in [0.3, 0.4) is 0 Å². The van der Waals surface area contributed by atoms with E-state index in [1.54, 1.807) is 35.5 Å². The maximum absolute atomic E-state index is 6.80. The molecule has 5 aromatic rings. The van der Waals surface area contributed by atoms with Gasteiger partial charge in [0.15, 0.2) is 23.0 Å². The van der Waals surface area contributed by atoms with Gasteiger partial charge in [-0.1, -0.05) is 32.4 Å². The van der Waals surface area contributed by atoms with Crippen molar-refractivity contribution in [1.29, 1.82) is 0 Å². The molecular formula is C25H29ClN10O. The minimum Gasteiger partial charge on any atom is -0.450 e. The highest BCUT2D eigenvalue weighted by atomic mass is 35.5. The smallest absolute Gasteiger partial charge is 0.210 e. The summed E-state index contributed by atoms with van der Waals surface area (Å²) in [4.78, 5) is 15.7. The standard InChI is InChI=1S/C25H29ClN10O/c1-25(2,3)19-10-20(32-36(19)15-6-8-33(4)14-15)30-24-31-23-22(34(24)5)21(26)18(12-28-23)37-17-13-29-35-9-7-27-11-16(17)35/h7,9-13,15H,6,8,14H2,1-5H3,(H,28,30,31,32)/t15-/m1/s1. The summed E-state index contributed by atoms with van der Waals surface area (Å²) in [7, 11) is 4.04. The maximum Gasteiger partial charge on any atom is 0.210 e. The number of likely N-dealkylation sites (tertiary alicyclic amines) is 1. The summed E-state index contributed by atoms with van der Waals surface area (Å²) in [5, 5.41) is 13.0. The highest BCUT2D eigenvalue weighted by Gasteiger charge is 2.29. The lowest BCUT2D eigenvalue weighted by Crippen LogP contribution is -2.24. The molecule has 1 fully saturated rings. The Hall–Kier alpha value is -3.70. The van der Waals surface area contributed by atoms with E-state index in [1.807, 2.05) is 11.6 Å². The van der Waals surface area contributed by atoms with Gasteiger partial charge in [-0.2, -0.15) is 15.2 Å². The molecule has 11 nitrogen and oxygen atoms in total. The van der Waals surface area contributed by atoms with Crippen molar-refractivity contribution in [3.05, 3.63) is 47.8 Å². The Labute approximate surface area is 219 Å². The number of nitrogens with one attached hydrogen (secondary N) is 1. The molecule has 6 heterocycles. The first-order valence-electron chi connectivity index (χ1n) is 12.2. The van der Waals surface area contributed by atoms with Crippen LogP contribution in [0, 0.1) is 0 Å². The molecule has 192 valence electrons. The predicted octanol–water partition coefficient (Wildman–Crippen LogP) is 4.57. The van der Waals surface area contributed by atoms with Crippen LogP contribution in [0.5, 0.6) is 11.5 Å². The first-order valence-corrected chi connectivity index (χ1v) is 12.6. The first kappa shape index (κ1) is 23.7. The Bertz CT molecular complexity index is 1610. The lowest BCUT2D eigenvalue weighted by Gasteiger charge is -2.23. The van der Waals surface area contributed by atoms with Gasteiger partial charge >= 0.3 is 0 Å². The third-order valence-corrected chi connectivity index (χ3v) is 7.14. The van der Waals surface area contributed by atoms with E-state index in [-0.39, 0.29) is 5.41 Å². The van der Waals surface area contributed by atoms with Crippen LogP contribution in [0.4, 0.5) is 11.8 Å². The molecule has 37 heavy (non-hydrogen) atoms. The van der Waals surface area contributed by atoms with Gasteiger partial charge in [0.25, 0.3) is 0 Å². The molecule has 0 bridgehead atoms. The summed E-state index contributed by atoms with van der Waals surface area (Å²) in [6, 6.07) is 2.46. The molecule has 0 amide bonds. The largest absolute Gasteiger partial charge is 0.450 e. The van der Waals surface area contributed by atoms with E-state index in [2.05, 4.69) is 68.8 Å². The summed E-state index contributed by atoms with van der Waals surface area (Å²) in [5.74, 6) is 2.28. The quantitative estimate of drug-likeness (QED) is 0.359. The van der Waals surface area contributed by atoms with Crippen molar-refractivity contribution in [3.63, 3.8) is 0 Å². The van der Waals surface area contributed by atoms with Crippen molar-refractivity contribution in [3.8, 4) is 11.5 Å². The van der Waals surface area contributed by atoms with E-state index in [0.29, 0.717) is 39.7 Å². The molecule has 0 spiro atoms. The highest BCUT2D eigenvalue weighted by Crippen LogP contribution is 2.37. The second kappa shape index (κ2) is 8.70. The van der Waals surface area contributed by atoms with Crippen LogP contribution in [0.2, 0.25) is 5.02 Å². The second-order valence-corrected chi connectivity index (χ2v) is 10.9. The number of anilines is 2. The first-order chi connectivity index (χ1) is 17.7. The molecule has 0 unspecified atom stereocenters. The number of ether oxygens (including phenoxy) is 1. The normalized spacial score (nSPS) is 16.8. The number of aryl methyl sites for hydroxylation is 1. The van der Waals surface area contributed by atoms with Crippen LogP contribution >= 0.6 is 11.6 Å². The van der Waals surface area contributed by atoms with Crippen LogP contribution in [0.15, 0.2) is 37.1 Å². The Morgan fingerprint density at radius 3 is 2.73 bits per heavy atom. The fraction of sp³-hybridized carbons (Fsp3) is 0.400. The van der Waals surface area contributed by atoms with E-state index in [0.717, 1.165) is 30.8 Å². The van der Waals surface area contributed by atoms with E-state index >= 15 is 0 Å². The van der Waals surface area contributed by atoms with Gasteiger partial charge in [0, 0.05) is 43.2 Å². The fourth-order valence-electron chi connectivity index (χ4n) is 4.83. The van der Waals surface area contributed by atoms with Crippen LogP contribution in [-0.4, -0.2) is 64.0 Å². The van der Waals surface area contributed by atoms with Gasteiger partial charge in [-0.3, -0.25) is 9.67 Å². The van der Waals surface area contributed by atoms with E-state index in [9.17, 15) is 0 Å². The number of hydrogen-bond acceptors (Lipinski definition) is 8. The number of likely N-dealkylation sites (N-methyl/N-ethyl adjacent to an activating group) is 1. The van der Waals surface area contributed by atoms with Crippen molar-refractivity contribution in [2.45, 2.75) is 38.6 Å². The Kier molecular flexibility index (Phi) is 5.57. The molecular weight excluding hydrogens is 492 g/mol. The Morgan fingerprint density at radius 1 is 1.14 bits per heavy atom. The molecule has 6 rings (SSSR count). The van der Waals surface area contributed by atoms with E-state index < -0.39 is 0 Å². The summed E-state index contributed by atoms with van der Waals surface area (Å²) >= 11 is 6.80. The van der Waals surface area contributed by atoms with Crippen molar-refractivity contribution in [2.75, 3.05) is 25.5 Å². The third kappa shape index (κ3) is 4.17. The number of rotatable bonds is 5. The van der Waals surface area contributed by atoms with Crippen LogP contribution in [0.1, 0.15) is 38.9 Å². The summed E-state index contributed by atoms with van der Waals surface area (Å²) in [5.41, 5.74) is 3.03. The molecule has 0 radical (unpaired) electrons. The lowest BCUT2D eigenvalue weighted by atomic mass is 9.91. The van der Waals surface area contributed by atoms with Crippen molar-refractivity contribution >= 4 is 40.0 Å². The van der Waals surface area contributed by atoms with Crippen molar-refractivity contribution in [2.24, 2.45) is 7.05 Å². The van der Waals surface area contributed by atoms with Crippen LogP contribution < -0.4 is 10.1 Å². The molecule has 1 aliphatic rings. The topological polar surface area (TPSA) is 103 Å². The second-order valence-electron chi connectivity index (χ2n) is 10.6. The van der Waals surface area contributed by atoms with E-state index in [1.165, 1.54) is 5.69 Å². The number of fused-ring (bicyclic) bond motifs is 2. The zero-order valence-corrected chi connectivity index (χ0v) is 22.2. The number of aromatic nitrogens is 8. The van der Waals surface area contributed by atoms with Crippen molar-refractivity contribution in [1.82, 2.24) is 43.8 Å². The average molecular weight is 521 g/mol.